The van der Waals surface area contributed by atoms with Crippen LogP contribution in [0, 0.1) is 0 Å². The summed E-state index contributed by atoms with van der Waals surface area (Å²) in [6.45, 7) is 0. The molecule has 1 aliphatic carbocycles. The lowest BCUT2D eigenvalue weighted by Crippen LogP contribution is -2.40. The number of hydrogen-bond acceptors (Lipinski definition) is 3. The number of fused-ring (bicyclic) bond motifs is 12. The number of ether oxygens (including phenoxy) is 1. The van der Waals surface area contributed by atoms with Crippen molar-refractivity contribution in [2.75, 3.05) is 5.32 Å². The van der Waals surface area contributed by atoms with Gasteiger partial charge in [-0.15, -0.1) is 0 Å². The average molecular weight is 572 g/mol. The summed E-state index contributed by atoms with van der Waals surface area (Å²) < 4.78 is 13.2. The van der Waals surface area contributed by atoms with Crippen LogP contribution in [0.1, 0.15) is 22.6 Å². The molecule has 3 nitrogen and oxygen atoms in total. The van der Waals surface area contributed by atoms with E-state index in [0.29, 0.717) is 0 Å². The van der Waals surface area contributed by atoms with Gasteiger partial charge in [0.1, 0.15) is 11.2 Å². The Morgan fingerprint density at radius 3 is 2.36 bits per heavy atom. The molecule has 1 radical (unpaired) electrons. The third-order valence-electron chi connectivity index (χ3n) is 9.99. The second kappa shape index (κ2) is 8.46. The van der Waals surface area contributed by atoms with E-state index in [2.05, 4.69) is 116 Å². The van der Waals surface area contributed by atoms with Gasteiger partial charge in [0, 0.05) is 27.8 Å². The zero-order chi connectivity index (χ0) is 29.2. The molecule has 0 bridgehead atoms. The van der Waals surface area contributed by atoms with Gasteiger partial charge in [0.15, 0.2) is 18.8 Å². The minimum atomic E-state index is 0.110. The zero-order valence-electron chi connectivity index (χ0n) is 24.1. The van der Waals surface area contributed by atoms with Crippen molar-refractivity contribution in [1.82, 2.24) is 0 Å². The first kappa shape index (κ1) is 23.7. The Labute approximate surface area is 259 Å². The van der Waals surface area contributed by atoms with Crippen molar-refractivity contribution in [3.8, 4) is 33.8 Å². The summed E-state index contributed by atoms with van der Waals surface area (Å²) in [5.74, 6) is 1.75. The Morgan fingerprint density at radius 2 is 1.38 bits per heavy atom. The fourth-order valence-electron chi connectivity index (χ4n) is 8.14. The van der Waals surface area contributed by atoms with E-state index in [4.69, 9.17) is 9.15 Å². The first-order valence-corrected chi connectivity index (χ1v) is 15.5. The molecule has 0 saturated heterocycles. The van der Waals surface area contributed by atoms with Gasteiger partial charge in [-0.2, -0.15) is 0 Å². The molecule has 3 aliphatic rings. The minimum absolute atomic E-state index is 0.110. The smallest absolute Gasteiger partial charge is 0.193 e. The maximum atomic E-state index is 6.79. The van der Waals surface area contributed by atoms with Crippen molar-refractivity contribution in [3.63, 3.8) is 0 Å². The van der Waals surface area contributed by atoms with Gasteiger partial charge in [-0.25, -0.2) is 0 Å². The van der Waals surface area contributed by atoms with Gasteiger partial charge >= 0.3 is 0 Å². The number of nitrogens with one attached hydrogen (secondary N) is 1. The molecule has 45 heavy (non-hydrogen) atoms. The summed E-state index contributed by atoms with van der Waals surface area (Å²) in [6, 6.07) is 45.4. The van der Waals surface area contributed by atoms with Crippen LogP contribution in [0.2, 0.25) is 0 Å². The minimum Gasteiger partial charge on any atom is -0.455 e. The van der Waals surface area contributed by atoms with Crippen LogP contribution < -0.4 is 21.0 Å². The third kappa shape index (κ3) is 3.06. The van der Waals surface area contributed by atoms with E-state index in [-0.39, 0.29) is 5.92 Å². The van der Waals surface area contributed by atoms with E-state index in [9.17, 15) is 0 Å². The topological polar surface area (TPSA) is 34.4 Å². The molecule has 8 aromatic rings. The number of rotatable bonds is 1. The number of benzene rings is 7. The number of para-hydroxylation sites is 4. The maximum Gasteiger partial charge on any atom is 0.193 e. The van der Waals surface area contributed by atoms with Crippen LogP contribution in [0.25, 0.3) is 55.0 Å². The third-order valence-corrected chi connectivity index (χ3v) is 9.99. The van der Waals surface area contributed by atoms with Crippen molar-refractivity contribution in [3.05, 3.63) is 144 Å². The molecule has 1 aromatic heterocycles. The first-order chi connectivity index (χ1) is 22.3. The largest absolute Gasteiger partial charge is 0.455 e. The predicted molar refractivity (Wildman–Crippen MR) is 184 cm³/mol. The number of anilines is 2. The van der Waals surface area contributed by atoms with E-state index >= 15 is 0 Å². The number of hydrogen-bond donors (Lipinski definition) is 1. The fourth-order valence-corrected chi connectivity index (χ4v) is 8.14. The molecule has 0 fully saturated rings. The highest BCUT2D eigenvalue weighted by Gasteiger charge is 2.40. The molecule has 1 N–H and O–H groups in total. The van der Waals surface area contributed by atoms with E-state index in [0.717, 1.165) is 55.9 Å². The van der Waals surface area contributed by atoms with Gasteiger partial charge in [-0.05, 0) is 68.9 Å². The van der Waals surface area contributed by atoms with Gasteiger partial charge in [-0.3, -0.25) is 0 Å². The van der Waals surface area contributed by atoms with Gasteiger partial charge in [0.25, 0.3) is 0 Å². The quantitative estimate of drug-likeness (QED) is 0.199. The molecule has 4 heteroatoms. The summed E-state index contributed by atoms with van der Waals surface area (Å²) in [5, 5.41) is 8.58. The van der Waals surface area contributed by atoms with Gasteiger partial charge in [0.05, 0.1) is 11.4 Å². The Kier molecular flexibility index (Phi) is 4.45. The monoisotopic (exact) mass is 572 g/mol. The predicted octanol–water partition coefficient (Wildman–Crippen LogP) is 9.38. The van der Waals surface area contributed by atoms with E-state index in [1.807, 2.05) is 24.3 Å². The SMILES string of the molecule is [B]1c2cccc3c2C(c2cc4c(oc5ccccc54)c(-c4cccc5c4Nc4ccccc4O5)c21)c1c-3ccc2ccccc12. The van der Waals surface area contributed by atoms with Crippen LogP contribution >= 0.6 is 0 Å². The van der Waals surface area contributed by atoms with E-state index in [1.54, 1.807) is 0 Å². The Bertz CT molecular complexity index is 2600. The van der Waals surface area contributed by atoms with Crippen molar-refractivity contribution in [2.24, 2.45) is 0 Å². The van der Waals surface area contributed by atoms with Crippen LogP contribution in [0.5, 0.6) is 11.5 Å². The van der Waals surface area contributed by atoms with E-state index in [1.165, 1.54) is 49.5 Å². The average Bonchev–Trinajstić information content (AvgIpc) is 3.63. The van der Waals surface area contributed by atoms with Gasteiger partial charge < -0.3 is 14.5 Å². The summed E-state index contributed by atoms with van der Waals surface area (Å²) in [5.41, 5.74) is 15.1. The lowest BCUT2D eigenvalue weighted by atomic mass is 9.52. The van der Waals surface area contributed by atoms with Gasteiger partial charge in [-0.1, -0.05) is 108 Å². The fraction of sp³-hybridized carbons (Fsp3) is 0.0244. The highest BCUT2D eigenvalue weighted by Crippen LogP contribution is 2.53. The molecule has 2 aliphatic heterocycles. The molecule has 207 valence electrons. The normalized spacial score (nSPS) is 15.0. The number of furan rings is 1. The lowest BCUT2D eigenvalue weighted by molar-refractivity contribution is 0.481. The zero-order valence-corrected chi connectivity index (χ0v) is 24.1. The molecule has 7 aromatic carbocycles. The standard InChI is InChI=1S/C41H23BNO2/c1-2-10-23-22(9-1)19-20-26-25-12-7-14-30-36(25)37(35(23)26)29-21-28-24-11-3-5-16-32(24)45-41(28)38(39(29)42-30)27-13-8-18-34-40(27)43-31-15-4-6-17-33(31)44-34/h1-21,37,43H. The first-order valence-electron chi connectivity index (χ1n) is 15.5. The van der Waals surface area contributed by atoms with Crippen molar-refractivity contribution >= 4 is 62.3 Å². The molecule has 11 rings (SSSR count). The second-order valence-corrected chi connectivity index (χ2v) is 12.3. The molecule has 0 saturated carbocycles. The molecule has 1 unspecified atom stereocenters. The Morgan fingerprint density at radius 1 is 0.600 bits per heavy atom. The highest BCUT2D eigenvalue weighted by molar-refractivity contribution is 6.71. The summed E-state index contributed by atoms with van der Waals surface area (Å²) in [6.07, 6.45) is 0. The molecule has 3 heterocycles. The van der Waals surface area contributed by atoms with Crippen LogP contribution in [0.4, 0.5) is 11.4 Å². The summed E-state index contributed by atoms with van der Waals surface area (Å²) in [7, 11) is 2.39. The summed E-state index contributed by atoms with van der Waals surface area (Å²) in [4.78, 5) is 0. The van der Waals surface area contributed by atoms with Crippen molar-refractivity contribution < 1.29 is 9.15 Å². The van der Waals surface area contributed by atoms with Crippen LogP contribution in [0.15, 0.2) is 132 Å². The molecule has 0 amide bonds. The van der Waals surface area contributed by atoms with Crippen LogP contribution in [-0.4, -0.2) is 7.28 Å². The second-order valence-electron chi connectivity index (χ2n) is 12.3. The maximum absolute atomic E-state index is 6.79. The molecule has 0 spiro atoms. The molecule has 1 atom stereocenters. The summed E-state index contributed by atoms with van der Waals surface area (Å²) >= 11 is 0. The Balaban J connectivity index is 1.28. The molecular weight excluding hydrogens is 549 g/mol. The van der Waals surface area contributed by atoms with E-state index < -0.39 is 0 Å². The van der Waals surface area contributed by atoms with Crippen molar-refractivity contribution in [1.29, 1.82) is 0 Å². The lowest BCUT2D eigenvalue weighted by Gasteiger charge is -2.30. The van der Waals surface area contributed by atoms with Crippen LogP contribution in [-0.2, 0) is 0 Å². The molecular formula is C41H23BNO2. The van der Waals surface area contributed by atoms with Crippen molar-refractivity contribution in [2.45, 2.75) is 5.92 Å². The van der Waals surface area contributed by atoms with Gasteiger partial charge in [0.2, 0.25) is 0 Å². The Hall–Kier alpha value is -5.74. The highest BCUT2D eigenvalue weighted by atomic mass is 16.5. The van der Waals surface area contributed by atoms with Crippen LogP contribution in [0.3, 0.4) is 0 Å².